The second kappa shape index (κ2) is 5.51. The van der Waals surface area contributed by atoms with Gasteiger partial charge in [0.2, 0.25) is 5.56 Å². The van der Waals surface area contributed by atoms with Gasteiger partial charge in [0, 0.05) is 12.1 Å². The first kappa shape index (κ1) is 14.3. The van der Waals surface area contributed by atoms with Crippen molar-refractivity contribution in [1.29, 1.82) is 0 Å². The smallest absolute Gasteiger partial charge is 0.271 e. The lowest BCUT2D eigenvalue weighted by Crippen LogP contribution is -2.42. The number of carbonyl (C=O) groups is 1. The summed E-state index contributed by atoms with van der Waals surface area (Å²) >= 11 is 0. The summed E-state index contributed by atoms with van der Waals surface area (Å²) in [5.41, 5.74) is -0.285. The molecule has 1 N–H and O–H groups in total. The molecule has 1 fully saturated rings. The Balaban J connectivity index is 2.28. The molecular weight excluding hydrogens is 280 g/mol. The minimum atomic E-state index is -3.12. The number of pyridine rings is 1. The predicted molar refractivity (Wildman–Crippen MR) is 74.0 cm³/mol. The van der Waals surface area contributed by atoms with Gasteiger partial charge in [0.25, 0.3) is 5.91 Å². The minimum Gasteiger partial charge on any atom is -0.322 e. The standard InChI is InChI=1S/C13H14N2O4S/c1-2-7-15(10-6-8-20(18,19)9-10)13(17)11-4-3-5-12(16)14-11/h1,3-5,10H,6-9H2,(H,14,16). The Morgan fingerprint density at radius 1 is 1.50 bits per heavy atom. The van der Waals surface area contributed by atoms with Crippen molar-refractivity contribution < 1.29 is 13.2 Å². The molecule has 0 saturated carbocycles. The number of hydrogen-bond acceptors (Lipinski definition) is 4. The molecule has 1 atom stereocenters. The zero-order valence-corrected chi connectivity index (χ0v) is 11.5. The molecule has 0 spiro atoms. The molecule has 1 amide bonds. The van der Waals surface area contributed by atoms with Gasteiger partial charge in [-0.3, -0.25) is 9.59 Å². The maximum atomic E-state index is 12.4. The second-order valence-corrected chi connectivity index (χ2v) is 6.85. The first-order chi connectivity index (χ1) is 9.43. The number of aromatic nitrogens is 1. The Morgan fingerprint density at radius 2 is 2.25 bits per heavy atom. The Hall–Kier alpha value is -2.07. The van der Waals surface area contributed by atoms with Crippen LogP contribution in [0.2, 0.25) is 0 Å². The normalized spacial score (nSPS) is 20.2. The molecule has 2 heterocycles. The van der Waals surface area contributed by atoms with Crippen LogP contribution in [0.25, 0.3) is 0 Å². The van der Waals surface area contributed by atoms with Crippen LogP contribution in [0, 0.1) is 12.3 Å². The molecular formula is C13H14N2O4S. The minimum absolute atomic E-state index is 0.00987. The SMILES string of the molecule is C#CCN(C(=O)c1cccc(=O)[nH]1)C1CCS(=O)(=O)C1. The van der Waals surface area contributed by atoms with Crippen molar-refractivity contribution in [2.45, 2.75) is 12.5 Å². The summed E-state index contributed by atoms with van der Waals surface area (Å²) in [5.74, 6) is 1.87. The number of aromatic amines is 1. The van der Waals surface area contributed by atoms with Gasteiger partial charge in [-0.05, 0) is 12.5 Å². The molecule has 2 rings (SSSR count). The number of amides is 1. The average Bonchev–Trinajstić information content (AvgIpc) is 2.75. The average molecular weight is 294 g/mol. The summed E-state index contributed by atoms with van der Waals surface area (Å²) in [6.45, 7) is 0.00987. The van der Waals surface area contributed by atoms with Crippen LogP contribution in [0.3, 0.4) is 0 Å². The van der Waals surface area contributed by atoms with E-state index in [1.54, 1.807) is 0 Å². The van der Waals surface area contributed by atoms with Crippen molar-refractivity contribution in [1.82, 2.24) is 9.88 Å². The van der Waals surface area contributed by atoms with E-state index in [1.807, 2.05) is 0 Å². The number of nitrogens with one attached hydrogen (secondary N) is 1. The van der Waals surface area contributed by atoms with E-state index in [1.165, 1.54) is 23.1 Å². The summed E-state index contributed by atoms with van der Waals surface area (Å²) in [6.07, 6.45) is 5.61. The Morgan fingerprint density at radius 3 is 2.80 bits per heavy atom. The molecule has 1 unspecified atom stereocenters. The van der Waals surface area contributed by atoms with Gasteiger partial charge in [-0.25, -0.2) is 8.42 Å². The Bertz CT molecular complexity index is 714. The zero-order chi connectivity index (χ0) is 14.8. The van der Waals surface area contributed by atoms with Crippen LogP contribution in [-0.2, 0) is 9.84 Å². The molecule has 0 aromatic carbocycles. The third-order valence-electron chi connectivity index (χ3n) is 3.17. The first-order valence-corrected chi connectivity index (χ1v) is 7.89. The molecule has 6 nitrogen and oxygen atoms in total. The van der Waals surface area contributed by atoms with Crippen LogP contribution in [-0.4, -0.2) is 48.3 Å². The number of H-pyrrole nitrogens is 1. The highest BCUT2D eigenvalue weighted by molar-refractivity contribution is 7.91. The van der Waals surface area contributed by atoms with Gasteiger partial charge in [0.05, 0.1) is 18.1 Å². The quantitative estimate of drug-likeness (QED) is 0.771. The zero-order valence-electron chi connectivity index (χ0n) is 10.7. The van der Waals surface area contributed by atoms with Crippen LogP contribution in [0.15, 0.2) is 23.0 Å². The van der Waals surface area contributed by atoms with E-state index in [9.17, 15) is 18.0 Å². The van der Waals surface area contributed by atoms with Gasteiger partial charge >= 0.3 is 0 Å². The fourth-order valence-electron chi connectivity index (χ4n) is 2.21. The maximum Gasteiger partial charge on any atom is 0.271 e. The van der Waals surface area contributed by atoms with E-state index in [0.717, 1.165) is 0 Å². The van der Waals surface area contributed by atoms with E-state index in [4.69, 9.17) is 6.42 Å². The van der Waals surface area contributed by atoms with Crippen molar-refractivity contribution >= 4 is 15.7 Å². The molecule has 0 aliphatic carbocycles. The summed E-state index contributed by atoms with van der Waals surface area (Å²) < 4.78 is 23.0. The lowest BCUT2D eigenvalue weighted by atomic mass is 10.2. The maximum absolute atomic E-state index is 12.4. The van der Waals surface area contributed by atoms with Gasteiger partial charge in [0.1, 0.15) is 5.69 Å². The van der Waals surface area contributed by atoms with Gasteiger partial charge < -0.3 is 9.88 Å². The van der Waals surface area contributed by atoms with Crippen molar-refractivity contribution in [3.8, 4) is 12.3 Å². The monoisotopic (exact) mass is 294 g/mol. The fraction of sp³-hybridized carbons (Fsp3) is 0.385. The van der Waals surface area contributed by atoms with Crippen molar-refractivity contribution in [3.63, 3.8) is 0 Å². The van der Waals surface area contributed by atoms with E-state index in [0.29, 0.717) is 6.42 Å². The van der Waals surface area contributed by atoms with Gasteiger partial charge in [-0.2, -0.15) is 0 Å². The lowest BCUT2D eigenvalue weighted by molar-refractivity contribution is 0.0718. The number of sulfone groups is 1. The van der Waals surface area contributed by atoms with Gasteiger partial charge in [0.15, 0.2) is 9.84 Å². The van der Waals surface area contributed by atoms with E-state index >= 15 is 0 Å². The summed E-state index contributed by atoms with van der Waals surface area (Å²) in [4.78, 5) is 27.3. The summed E-state index contributed by atoms with van der Waals surface area (Å²) in [5, 5.41) is 0. The van der Waals surface area contributed by atoms with Crippen LogP contribution < -0.4 is 5.56 Å². The molecule has 0 radical (unpaired) electrons. The van der Waals surface area contributed by atoms with E-state index in [-0.39, 0.29) is 23.7 Å². The third-order valence-corrected chi connectivity index (χ3v) is 4.92. The molecule has 1 aliphatic rings. The van der Waals surface area contributed by atoms with E-state index < -0.39 is 27.3 Å². The van der Waals surface area contributed by atoms with E-state index in [2.05, 4.69) is 10.9 Å². The third kappa shape index (κ3) is 3.08. The number of carbonyl (C=O) groups excluding carboxylic acids is 1. The largest absolute Gasteiger partial charge is 0.322 e. The molecule has 0 bridgehead atoms. The van der Waals surface area contributed by atoms with Gasteiger partial charge in [-0.15, -0.1) is 6.42 Å². The molecule has 1 aliphatic heterocycles. The summed E-state index contributed by atoms with van der Waals surface area (Å²) in [7, 11) is -3.12. The van der Waals surface area contributed by atoms with Gasteiger partial charge in [-0.1, -0.05) is 12.0 Å². The molecule has 7 heteroatoms. The highest BCUT2D eigenvalue weighted by Crippen LogP contribution is 2.19. The van der Waals surface area contributed by atoms with Crippen molar-refractivity contribution in [3.05, 3.63) is 34.2 Å². The van der Waals surface area contributed by atoms with Crippen LogP contribution in [0.5, 0.6) is 0 Å². The molecule has 1 aromatic heterocycles. The fourth-order valence-corrected chi connectivity index (χ4v) is 3.94. The number of terminal acetylenes is 1. The number of nitrogens with zero attached hydrogens (tertiary/aromatic N) is 1. The van der Waals surface area contributed by atoms with Crippen LogP contribution >= 0.6 is 0 Å². The topological polar surface area (TPSA) is 87.3 Å². The number of hydrogen-bond donors (Lipinski definition) is 1. The molecule has 20 heavy (non-hydrogen) atoms. The highest BCUT2D eigenvalue weighted by Gasteiger charge is 2.34. The van der Waals surface area contributed by atoms with Crippen LogP contribution in [0.4, 0.5) is 0 Å². The molecule has 1 aromatic rings. The molecule has 1 saturated heterocycles. The van der Waals surface area contributed by atoms with Crippen molar-refractivity contribution in [2.24, 2.45) is 0 Å². The number of rotatable bonds is 3. The lowest BCUT2D eigenvalue weighted by Gasteiger charge is -2.25. The van der Waals surface area contributed by atoms with Crippen LogP contribution in [0.1, 0.15) is 16.9 Å². The van der Waals surface area contributed by atoms with Crippen molar-refractivity contribution in [2.75, 3.05) is 18.1 Å². The summed E-state index contributed by atoms with van der Waals surface area (Å²) in [6, 6.07) is 3.79. The molecule has 106 valence electrons. The second-order valence-electron chi connectivity index (χ2n) is 4.62. The Labute approximate surface area is 116 Å². The highest BCUT2D eigenvalue weighted by atomic mass is 32.2. The predicted octanol–water partition coefficient (Wildman–Crippen LogP) is -0.363. The first-order valence-electron chi connectivity index (χ1n) is 6.07. The Kier molecular flexibility index (Phi) is 3.95.